The second-order valence-corrected chi connectivity index (χ2v) is 5.75. The Morgan fingerprint density at radius 3 is 2.55 bits per heavy atom. The van der Waals surface area contributed by atoms with Crippen molar-refractivity contribution in [2.75, 3.05) is 45.9 Å². The summed E-state index contributed by atoms with van der Waals surface area (Å²) in [5.41, 5.74) is 2.47. The Morgan fingerprint density at radius 2 is 1.91 bits per heavy atom. The first-order chi connectivity index (χ1) is 10.6. The number of hydrogen-bond acceptors (Lipinski definition) is 3. The molecule has 0 spiro atoms. The number of amides is 2. The van der Waals surface area contributed by atoms with Gasteiger partial charge in [0.25, 0.3) is 0 Å². The Kier molecular flexibility index (Phi) is 6.07. The average Bonchev–Trinajstić information content (AvgIpc) is 2.54. The number of likely N-dealkylation sites (N-methyl/N-ethyl adjacent to an activating group) is 1. The van der Waals surface area contributed by atoms with E-state index in [9.17, 15) is 4.79 Å². The van der Waals surface area contributed by atoms with Crippen LogP contribution in [0.1, 0.15) is 18.1 Å². The molecule has 0 aromatic heterocycles. The lowest BCUT2D eigenvalue weighted by Crippen LogP contribution is -2.52. The van der Waals surface area contributed by atoms with E-state index in [0.717, 1.165) is 38.5 Å². The van der Waals surface area contributed by atoms with Gasteiger partial charge in [-0.2, -0.15) is 0 Å². The number of carbonyl (C=O) groups is 1. The van der Waals surface area contributed by atoms with Crippen LogP contribution in [0.3, 0.4) is 0 Å². The van der Waals surface area contributed by atoms with Crippen molar-refractivity contribution >= 4 is 6.03 Å². The van der Waals surface area contributed by atoms with E-state index in [1.807, 2.05) is 17.0 Å². The molecule has 1 fully saturated rings. The molecule has 22 heavy (non-hydrogen) atoms. The van der Waals surface area contributed by atoms with Crippen LogP contribution in [0.15, 0.2) is 18.2 Å². The van der Waals surface area contributed by atoms with Crippen molar-refractivity contribution in [3.63, 3.8) is 0 Å². The van der Waals surface area contributed by atoms with Crippen molar-refractivity contribution in [1.29, 1.82) is 0 Å². The Morgan fingerprint density at radius 1 is 1.18 bits per heavy atom. The topological polar surface area (TPSA) is 44.8 Å². The second-order valence-electron chi connectivity index (χ2n) is 5.75. The van der Waals surface area contributed by atoms with Crippen molar-refractivity contribution in [2.24, 2.45) is 0 Å². The largest absolute Gasteiger partial charge is 0.492 e. The smallest absolute Gasteiger partial charge is 0.317 e. The Bertz CT molecular complexity index is 497. The number of rotatable bonds is 5. The van der Waals surface area contributed by atoms with Gasteiger partial charge >= 0.3 is 6.03 Å². The van der Waals surface area contributed by atoms with Gasteiger partial charge in [0.15, 0.2) is 0 Å². The summed E-state index contributed by atoms with van der Waals surface area (Å²) >= 11 is 0. The molecular weight excluding hydrogens is 278 g/mol. The molecule has 2 amide bonds. The van der Waals surface area contributed by atoms with Crippen LogP contribution in [0.4, 0.5) is 4.79 Å². The van der Waals surface area contributed by atoms with E-state index in [0.29, 0.717) is 13.2 Å². The fourth-order valence-corrected chi connectivity index (χ4v) is 2.51. The molecule has 5 nitrogen and oxygen atoms in total. The standard InChI is InChI=1S/C17H27N3O2/c1-4-19-8-10-20(11-9-19)17(21)18-7-12-22-16-6-5-14(2)15(3)13-16/h5-6,13H,4,7-12H2,1-3H3,(H,18,21). The van der Waals surface area contributed by atoms with E-state index in [1.165, 1.54) is 11.1 Å². The van der Waals surface area contributed by atoms with Gasteiger partial charge in [-0.05, 0) is 43.7 Å². The van der Waals surface area contributed by atoms with Gasteiger partial charge in [-0.15, -0.1) is 0 Å². The van der Waals surface area contributed by atoms with Gasteiger partial charge in [0.05, 0.1) is 6.54 Å². The van der Waals surface area contributed by atoms with Crippen molar-refractivity contribution < 1.29 is 9.53 Å². The van der Waals surface area contributed by atoms with Crippen LogP contribution >= 0.6 is 0 Å². The molecule has 2 rings (SSSR count). The Labute approximate surface area is 133 Å². The van der Waals surface area contributed by atoms with E-state index in [1.54, 1.807) is 0 Å². The van der Waals surface area contributed by atoms with E-state index >= 15 is 0 Å². The molecule has 122 valence electrons. The zero-order chi connectivity index (χ0) is 15.9. The molecule has 1 saturated heterocycles. The number of urea groups is 1. The number of nitrogens with zero attached hydrogens (tertiary/aromatic N) is 2. The third kappa shape index (κ3) is 4.63. The molecule has 1 N–H and O–H groups in total. The van der Waals surface area contributed by atoms with Crippen molar-refractivity contribution in [1.82, 2.24) is 15.1 Å². The first-order valence-electron chi connectivity index (χ1n) is 8.05. The maximum absolute atomic E-state index is 12.0. The zero-order valence-electron chi connectivity index (χ0n) is 13.9. The van der Waals surface area contributed by atoms with Crippen LogP contribution in [-0.4, -0.2) is 61.7 Å². The molecule has 1 heterocycles. The third-order valence-corrected chi connectivity index (χ3v) is 4.23. The molecule has 5 heteroatoms. The number of hydrogen-bond donors (Lipinski definition) is 1. The van der Waals surface area contributed by atoms with Gasteiger partial charge in [-0.1, -0.05) is 13.0 Å². The number of aryl methyl sites for hydroxylation is 2. The SMILES string of the molecule is CCN1CCN(C(=O)NCCOc2ccc(C)c(C)c2)CC1. The molecule has 0 radical (unpaired) electrons. The highest BCUT2D eigenvalue weighted by Crippen LogP contribution is 2.16. The highest BCUT2D eigenvalue weighted by Gasteiger charge is 2.19. The lowest BCUT2D eigenvalue weighted by Gasteiger charge is -2.33. The summed E-state index contributed by atoms with van der Waals surface area (Å²) in [5, 5.41) is 2.92. The van der Waals surface area contributed by atoms with Crippen LogP contribution in [0.5, 0.6) is 5.75 Å². The number of benzene rings is 1. The second kappa shape index (κ2) is 8.03. The quantitative estimate of drug-likeness (QED) is 0.847. The number of nitrogens with one attached hydrogen (secondary N) is 1. The summed E-state index contributed by atoms with van der Waals surface area (Å²) in [6.45, 7) is 11.9. The van der Waals surface area contributed by atoms with E-state index in [4.69, 9.17) is 4.74 Å². The minimum atomic E-state index is 0.0134. The maximum atomic E-state index is 12.0. The molecule has 1 aliphatic heterocycles. The maximum Gasteiger partial charge on any atom is 0.317 e. The average molecular weight is 305 g/mol. The van der Waals surface area contributed by atoms with Crippen LogP contribution in [0.2, 0.25) is 0 Å². The summed E-state index contributed by atoms with van der Waals surface area (Å²) in [4.78, 5) is 16.3. The van der Waals surface area contributed by atoms with Gasteiger partial charge < -0.3 is 19.9 Å². The predicted molar refractivity (Wildman–Crippen MR) is 88.5 cm³/mol. The minimum Gasteiger partial charge on any atom is -0.492 e. The van der Waals surface area contributed by atoms with Crippen LogP contribution in [0, 0.1) is 13.8 Å². The van der Waals surface area contributed by atoms with E-state index in [-0.39, 0.29) is 6.03 Å². The van der Waals surface area contributed by atoms with E-state index < -0.39 is 0 Å². The van der Waals surface area contributed by atoms with Gasteiger partial charge in [0.1, 0.15) is 12.4 Å². The highest BCUT2D eigenvalue weighted by atomic mass is 16.5. The highest BCUT2D eigenvalue weighted by molar-refractivity contribution is 5.74. The summed E-state index contributed by atoms with van der Waals surface area (Å²) in [6.07, 6.45) is 0. The van der Waals surface area contributed by atoms with Gasteiger partial charge in [-0.25, -0.2) is 4.79 Å². The summed E-state index contributed by atoms with van der Waals surface area (Å²) in [5.74, 6) is 0.855. The van der Waals surface area contributed by atoms with Gasteiger partial charge in [0, 0.05) is 26.2 Å². The third-order valence-electron chi connectivity index (χ3n) is 4.23. The number of carbonyl (C=O) groups excluding carboxylic acids is 1. The monoisotopic (exact) mass is 305 g/mol. The summed E-state index contributed by atoms with van der Waals surface area (Å²) in [6, 6.07) is 6.06. The molecule has 1 aliphatic rings. The molecule has 1 aromatic carbocycles. The summed E-state index contributed by atoms with van der Waals surface area (Å²) < 4.78 is 5.67. The van der Waals surface area contributed by atoms with Gasteiger partial charge in [-0.3, -0.25) is 0 Å². The Hall–Kier alpha value is -1.75. The van der Waals surface area contributed by atoms with Crippen molar-refractivity contribution in [3.05, 3.63) is 29.3 Å². The first kappa shape index (κ1) is 16.6. The fourth-order valence-electron chi connectivity index (χ4n) is 2.51. The first-order valence-corrected chi connectivity index (χ1v) is 8.05. The summed E-state index contributed by atoms with van der Waals surface area (Å²) in [7, 11) is 0. The Balaban J connectivity index is 1.66. The van der Waals surface area contributed by atoms with Crippen LogP contribution in [0.25, 0.3) is 0 Å². The molecule has 0 bridgehead atoms. The van der Waals surface area contributed by atoms with Crippen molar-refractivity contribution in [2.45, 2.75) is 20.8 Å². The molecule has 0 aliphatic carbocycles. The zero-order valence-corrected chi connectivity index (χ0v) is 13.9. The lowest BCUT2D eigenvalue weighted by atomic mass is 10.1. The molecular formula is C17H27N3O2. The molecule has 1 aromatic rings. The van der Waals surface area contributed by atoms with Crippen LogP contribution in [-0.2, 0) is 0 Å². The normalized spacial score (nSPS) is 15.7. The fraction of sp³-hybridized carbons (Fsp3) is 0.588. The predicted octanol–water partition coefficient (Wildman–Crippen LogP) is 2.03. The lowest BCUT2D eigenvalue weighted by molar-refractivity contribution is 0.142. The van der Waals surface area contributed by atoms with Gasteiger partial charge in [0.2, 0.25) is 0 Å². The van der Waals surface area contributed by atoms with Crippen LogP contribution < -0.4 is 10.1 Å². The molecule has 0 atom stereocenters. The molecule has 0 unspecified atom stereocenters. The van der Waals surface area contributed by atoms with Crippen molar-refractivity contribution in [3.8, 4) is 5.75 Å². The minimum absolute atomic E-state index is 0.0134. The number of ether oxygens (including phenoxy) is 1. The number of piperazine rings is 1. The van der Waals surface area contributed by atoms with E-state index in [2.05, 4.69) is 37.1 Å². The molecule has 0 saturated carbocycles.